The van der Waals surface area contributed by atoms with Crippen molar-refractivity contribution in [3.63, 3.8) is 0 Å². The van der Waals surface area contributed by atoms with Gasteiger partial charge in [0.05, 0.1) is 11.9 Å². The van der Waals surface area contributed by atoms with Gasteiger partial charge >= 0.3 is 37.7 Å². The molecule has 0 aromatic rings. The fourth-order valence-electron chi connectivity index (χ4n) is 2.25. The van der Waals surface area contributed by atoms with Crippen molar-refractivity contribution >= 4 is 49.7 Å². The zero-order chi connectivity index (χ0) is 15.4. The van der Waals surface area contributed by atoms with Gasteiger partial charge in [-0.2, -0.15) is 0 Å². The zero-order valence-electron chi connectivity index (χ0n) is 13.6. The van der Waals surface area contributed by atoms with E-state index in [1.54, 1.807) is 0 Å². The maximum atomic E-state index is 10.8. The molecule has 118 valence electrons. The van der Waals surface area contributed by atoms with Crippen molar-refractivity contribution in [2.24, 2.45) is 5.41 Å². The van der Waals surface area contributed by atoms with E-state index in [2.05, 4.69) is 6.92 Å². The molecule has 0 unspecified atom stereocenters. The largest absolute Gasteiger partial charge is 2.00 e. The van der Waals surface area contributed by atoms with E-state index in [1.165, 1.54) is 45.4 Å². The Hall–Kier alpha value is 0.200. The summed E-state index contributed by atoms with van der Waals surface area (Å²) >= 11 is 0. The van der Waals surface area contributed by atoms with Crippen molar-refractivity contribution < 1.29 is 19.8 Å². The monoisotopic (exact) mass is 324 g/mol. The van der Waals surface area contributed by atoms with Gasteiger partial charge in [0.25, 0.3) is 0 Å². The summed E-state index contributed by atoms with van der Waals surface area (Å²) in [5.41, 5.74) is -1.85. The SMILES string of the molecule is CCCCCCCCCCCCC(C)(C(=O)[O-])C(=O)[O-].[Ca+2]. The fraction of sp³-hybridized carbons (Fsp3) is 0.875. The predicted molar refractivity (Wildman–Crippen MR) is 80.3 cm³/mol. The summed E-state index contributed by atoms with van der Waals surface area (Å²) in [4.78, 5) is 21.6. The maximum absolute atomic E-state index is 10.8. The summed E-state index contributed by atoms with van der Waals surface area (Å²) in [7, 11) is 0. The second-order valence-corrected chi connectivity index (χ2v) is 5.84. The van der Waals surface area contributed by atoms with E-state index in [9.17, 15) is 19.8 Å². The molecule has 5 heteroatoms. The van der Waals surface area contributed by atoms with Gasteiger partial charge in [0.1, 0.15) is 0 Å². The Balaban J connectivity index is 0. The topological polar surface area (TPSA) is 80.3 Å². The number of hydrogen-bond donors (Lipinski definition) is 0. The molecule has 0 aliphatic heterocycles. The minimum absolute atomic E-state index is 0. The van der Waals surface area contributed by atoms with Crippen LogP contribution in [0.4, 0.5) is 0 Å². The Kier molecular flexibility index (Phi) is 15.5. The van der Waals surface area contributed by atoms with E-state index in [0.29, 0.717) is 6.42 Å². The minimum Gasteiger partial charge on any atom is -0.549 e. The second kappa shape index (κ2) is 13.8. The third-order valence-corrected chi connectivity index (χ3v) is 3.93. The molecule has 0 aliphatic rings. The van der Waals surface area contributed by atoms with Crippen molar-refractivity contribution in [1.82, 2.24) is 0 Å². The molecule has 0 bridgehead atoms. The number of carbonyl (C=O) groups is 2. The maximum Gasteiger partial charge on any atom is 2.00 e. The molecular weight excluding hydrogens is 296 g/mol. The van der Waals surface area contributed by atoms with Crippen molar-refractivity contribution in [2.75, 3.05) is 0 Å². The first-order valence-corrected chi connectivity index (χ1v) is 7.88. The van der Waals surface area contributed by atoms with E-state index < -0.39 is 17.4 Å². The minimum atomic E-state index is -1.85. The average Bonchev–Trinajstić information content (AvgIpc) is 2.40. The molecule has 4 nitrogen and oxygen atoms in total. The van der Waals surface area contributed by atoms with E-state index in [1.807, 2.05) is 0 Å². The number of carbonyl (C=O) groups excluding carboxylic acids is 2. The van der Waals surface area contributed by atoms with Crippen molar-refractivity contribution in [1.29, 1.82) is 0 Å². The van der Waals surface area contributed by atoms with Crippen molar-refractivity contribution in [3.05, 3.63) is 0 Å². The van der Waals surface area contributed by atoms with Crippen molar-refractivity contribution in [3.8, 4) is 0 Å². The molecule has 0 saturated heterocycles. The van der Waals surface area contributed by atoms with Gasteiger partial charge in [-0.25, -0.2) is 0 Å². The molecule has 0 radical (unpaired) electrons. The standard InChI is InChI=1S/C16H30O4.Ca/c1-3-4-5-6-7-8-9-10-11-12-13-16(2,14(17)18)15(19)20;/h3-13H2,1-2H3,(H,17,18)(H,19,20);/q;+2/p-2. The molecule has 0 fully saturated rings. The molecule has 0 aromatic carbocycles. The van der Waals surface area contributed by atoms with E-state index in [4.69, 9.17) is 0 Å². The number of hydrogen-bond acceptors (Lipinski definition) is 4. The zero-order valence-corrected chi connectivity index (χ0v) is 15.8. The van der Waals surface area contributed by atoms with Crippen LogP contribution in [0.15, 0.2) is 0 Å². The Morgan fingerprint density at radius 2 is 1.10 bits per heavy atom. The van der Waals surface area contributed by atoms with Crippen molar-refractivity contribution in [2.45, 2.75) is 84.5 Å². The molecule has 0 amide bonds. The average molecular weight is 324 g/mol. The van der Waals surface area contributed by atoms with E-state index in [-0.39, 0.29) is 44.2 Å². The van der Waals surface area contributed by atoms with Crippen LogP contribution in [0.1, 0.15) is 84.5 Å². The molecule has 0 rings (SSSR count). The third kappa shape index (κ3) is 10.5. The van der Waals surface area contributed by atoms with Crippen LogP contribution in [0.2, 0.25) is 0 Å². The van der Waals surface area contributed by atoms with Crippen LogP contribution in [0.5, 0.6) is 0 Å². The van der Waals surface area contributed by atoms with Crippen LogP contribution in [0.25, 0.3) is 0 Å². The van der Waals surface area contributed by atoms with Gasteiger partial charge in [-0.15, -0.1) is 0 Å². The molecule has 0 spiro atoms. The summed E-state index contributed by atoms with van der Waals surface area (Å²) < 4.78 is 0. The first kappa shape index (κ1) is 23.5. The normalized spacial score (nSPS) is 11.0. The molecule has 0 aliphatic carbocycles. The predicted octanol–water partition coefficient (Wildman–Crippen LogP) is 1.42. The Morgan fingerprint density at radius 3 is 1.43 bits per heavy atom. The molecule has 0 N–H and O–H groups in total. The van der Waals surface area contributed by atoms with Crippen LogP contribution in [0, 0.1) is 5.41 Å². The number of aliphatic carboxylic acids is 2. The first-order valence-electron chi connectivity index (χ1n) is 7.88. The van der Waals surface area contributed by atoms with Crippen LogP contribution >= 0.6 is 0 Å². The molecule has 0 aromatic heterocycles. The van der Waals surface area contributed by atoms with Gasteiger partial charge in [0, 0.05) is 5.41 Å². The van der Waals surface area contributed by atoms with Crippen LogP contribution < -0.4 is 10.2 Å². The molecule has 0 atom stereocenters. The molecule has 0 heterocycles. The fourth-order valence-corrected chi connectivity index (χ4v) is 2.25. The number of carboxylic acid groups (broad SMARTS) is 2. The quantitative estimate of drug-likeness (QED) is 0.291. The summed E-state index contributed by atoms with van der Waals surface area (Å²) in [5.74, 6) is -3.10. The molecular formula is C16H28CaO4. The first-order chi connectivity index (χ1) is 9.45. The number of unbranched alkanes of at least 4 members (excludes halogenated alkanes) is 9. The summed E-state index contributed by atoms with van der Waals surface area (Å²) in [6.07, 6.45) is 11.4. The van der Waals surface area contributed by atoms with Crippen LogP contribution in [-0.4, -0.2) is 49.7 Å². The Morgan fingerprint density at radius 1 is 0.762 bits per heavy atom. The second-order valence-electron chi connectivity index (χ2n) is 5.84. The van der Waals surface area contributed by atoms with E-state index >= 15 is 0 Å². The summed E-state index contributed by atoms with van der Waals surface area (Å²) in [6, 6.07) is 0. The van der Waals surface area contributed by atoms with Gasteiger partial charge < -0.3 is 19.8 Å². The Labute approximate surface area is 158 Å². The molecule has 21 heavy (non-hydrogen) atoms. The van der Waals surface area contributed by atoms with Gasteiger partial charge in [-0.05, 0) is 13.3 Å². The van der Waals surface area contributed by atoms with Gasteiger partial charge in [-0.1, -0.05) is 71.1 Å². The van der Waals surface area contributed by atoms with Crippen LogP contribution in [-0.2, 0) is 9.59 Å². The summed E-state index contributed by atoms with van der Waals surface area (Å²) in [6.45, 7) is 3.37. The van der Waals surface area contributed by atoms with Crippen LogP contribution in [0.3, 0.4) is 0 Å². The van der Waals surface area contributed by atoms with Gasteiger partial charge in [0.2, 0.25) is 0 Å². The van der Waals surface area contributed by atoms with Gasteiger partial charge in [-0.3, -0.25) is 0 Å². The number of carboxylic acids is 2. The Bertz CT molecular complexity index is 278. The third-order valence-electron chi connectivity index (χ3n) is 3.93. The van der Waals surface area contributed by atoms with E-state index in [0.717, 1.165) is 19.3 Å². The summed E-state index contributed by atoms with van der Waals surface area (Å²) in [5, 5.41) is 21.6. The molecule has 0 saturated carbocycles. The smallest absolute Gasteiger partial charge is 0.549 e. The number of rotatable bonds is 13. The van der Waals surface area contributed by atoms with Gasteiger partial charge in [0.15, 0.2) is 0 Å².